The number of hydrogen-bond donors (Lipinski definition) is 0. The first-order chi connectivity index (χ1) is 7.93. The van der Waals surface area contributed by atoms with Crippen LogP contribution in [0.2, 0.25) is 0 Å². The molecule has 0 atom stereocenters. The summed E-state index contributed by atoms with van der Waals surface area (Å²) in [5, 5.41) is 0. The summed E-state index contributed by atoms with van der Waals surface area (Å²) < 4.78 is 25.9. The first-order valence-electron chi connectivity index (χ1n) is 5.24. The molecule has 1 aromatic heterocycles. The molecule has 0 radical (unpaired) electrons. The number of aromatic nitrogens is 2. The minimum atomic E-state index is -3.52. The molecule has 0 aliphatic carbocycles. The smallest absolute Gasteiger partial charge is 0.244 e. The summed E-state index contributed by atoms with van der Waals surface area (Å²) in [6, 6.07) is 3.74. The van der Waals surface area contributed by atoms with Crippen molar-refractivity contribution >= 4 is 10.0 Å². The zero-order chi connectivity index (χ0) is 12.6. The maximum Gasteiger partial charge on any atom is 0.269 e. The second kappa shape index (κ2) is 4.00. The Kier molecular flexibility index (Phi) is 2.79. The predicted octanol–water partition coefficient (Wildman–Crippen LogP) is 2.05. The lowest BCUT2D eigenvalue weighted by molar-refractivity contribution is 0.586. The van der Waals surface area contributed by atoms with E-state index in [9.17, 15) is 8.42 Å². The van der Waals surface area contributed by atoms with Gasteiger partial charge in [-0.05, 0) is 31.9 Å². The summed E-state index contributed by atoms with van der Waals surface area (Å²) >= 11 is 0. The maximum atomic E-state index is 12.4. The molecule has 0 unspecified atom stereocenters. The molecular formula is C12H14N2O2S. The van der Waals surface area contributed by atoms with Crippen molar-refractivity contribution in [1.82, 2.24) is 8.96 Å². The molecule has 1 heterocycles. The Bertz CT molecular complexity index is 620. The SMILES string of the molecule is Cc1cc(C)c(S(=O)(=O)n2ccnc2)c(C)c1. The van der Waals surface area contributed by atoms with Crippen LogP contribution in [-0.2, 0) is 10.0 Å². The number of rotatable bonds is 2. The van der Waals surface area contributed by atoms with Crippen LogP contribution in [0.5, 0.6) is 0 Å². The van der Waals surface area contributed by atoms with Gasteiger partial charge in [-0.15, -0.1) is 0 Å². The van der Waals surface area contributed by atoms with Gasteiger partial charge in [-0.1, -0.05) is 17.7 Å². The number of aryl methyl sites for hydroxylation is 3. The van der Waals surface area contributed by atoms with Crippen molar-refractivity contribution in [3.63, 3.8) is 0 Å². The number of benzene rings is 1. The highest BCUT2D eigenvalue weighted by atomic mass is 32.2. The lowest BCUT2D eigenvalue weighted by Crippen LogP contribution is -2.14. The van der Waals surface area contributed by atoms with E-state index in [1.807, 2.05) is 32.9 Å². The van der Waals surface area contributed by atoms with Gasteiger partial charge in [-0.3, -0.25) is 0 Å². The average molecular weight is 250 g/mol. The molecule has 0 aliphatic heterocycles. The number of hydrogen-bond acceptors (Lipinski definition) is 3. The van der Waals surface area contributed by atoms with E-state index in [-0.39, 0.29) is 0 Å². The summed E-state index contributed by atoms with van der Waals surface area (Å²) in [6.45, 7) is 5.57. The summed E-state index contributed by atoms with van der Waals surface area (Å²) in [5.41, 5.74) is 2.58. The summed E-state index contributed by atoms with van der Waals surface area (Å²) in [4.78, 5) is 4.14. The second-order valence-corrected chi connectivity index (χ2v) is 5.91. The monoisotopic (exact) mass is 250 g/mol. The van der Waals surface area contributed by atoms with Crippen molar-refractivity contribution in [3.8, 4) is 0 Å². The van der Waals surface area contributed by atoms with Crippen molar-refractivity contribution < 1.29 is 8.42 Å². The van der Waals surface area contributed by atoms with Gasteiger partial charge in [0.15, 0.2) is 0 Å². The molecule has 5 heteroatoms. The van der Waals surface area contributed by atoms with E-state index in [1.54, 1.807) is 0 Å². The lowest BCUT2D eigenvalue weighted by Gasteiger charge is -2.12. The molecule has 0 aliphatic rings. The molecule has 0 bridgehead atoms. The van der Waals surface area contributed by atoms with Gasteiger partial charge < -0.3 is 0 Å². The molecule has 0 saturated heterocycles. The van der Waals surface area contributed by atoms with Gasteiger partial charge >= 0.3 is 0 Å². The Morgan fingerprint density at radius 1 is 1.12 bits per heavy atom. The maximum absolute atomic E-state index is 12.4. The molecule has 0 saturated carbocycles. The van der Waals surface area contributed by atoms with Crippen LogP contribution in [0.25, 0.3) is 0 Å². The quantitative estimate of drug-likeness (QED) is 0.819. The molecule has 4 nitrogen and oxygen atoms in total. The zero-order valence-corrected chi connectivity index (χ0v) is 10.8. The van der Waals surface area contributed by atoms with E-state index in [4.69, 9.17) is 0 Å². The minimum Gasteiger partial charge on any atom is -0.244 e. The molecule has 0 amide bonds. The fourth-order valence-electron chi connectivity index (χ4n) is 2.07. The highest BCUT2D eigenvalue weighted by Gasteiger charge is 2.21. The van der Waals surface area contributed by atoms with Crippen molar-refractivity contribution in [2.24, 2.45) is 0 Å². The van der Waals surface area contributed by atoms with E-state index in [0.29, 0.717) is 4.90 Å². The second-order valence-electron chi connectivity index (χ2n) is 4.13. The van der Waals surface area contributed by atoms with E-state index in [0.717, 1.165) is 20.7 Å². The first-order valence-corrected chi connectivity index (χ1v) is 6.68. The molecule has 1 aromatic carbocycles. The van der Waals surface area contributed by atoms with E-state index in [1.165, 1.54) is 18.7 Å². The van der Waals surface area contributed by atoms with Gasteiger partial charge in [0.1, 0.15) is 6.33 Å². The van der Waals surface area contributed by atoms with Crippen molar-refractivity contribution in [2.45, 2.75) is 25.7 Å². The van der Waals surface area contributed by atoms with Gasteiger partial charge in [0.25, 0.3) is 10.0 Å². The first kappa shape index (κ1) is 11.9. The normalized spacial score (nSPS) is 11.7. The largest absolute Gasteiger partial charge is 0.269 e. The minimum absolute atomic E-state index is 0.362. The molecule has 2 aromatic rings. The lowest BCUT2D eigenvalue weighted by atomic mass is 10.1. The molecule has 90 valence electrons. The molecule has 0 N–H and O–H groups in total. The van der Waals surface area contributed by atoms with Gasteiger partial charge in [0.05, 0.1) is 4.90 Å². The van der Waals surface area contributed by atoms with Crippen molar-refractivity contribution in [1.29, 1.82) is 0 Å². The van der Waals surface area contributed by atoms with Gasteiger partial charge in [-0.25, -0.2) is 17.4 Å². The van der Waals surface area contributed by atoms with E-state index >= 15 is 0 Å². The Morgan fingerprint density at radius 3 is 2.18 bits per heavy atom. The predicted molar refractivity (Wildman–Crippen MR) is 65.5 cm³/mol. The summed E-state index contributed by atoms with van der Waals surface area (Å²) in [5.74, 6) is 0. The van der Waals surface area contributed by atoms with Crippen LogP contribution in [0.1, 0.15) is 16.7 Å². The Hall–Kier alpha value is -1.62. The third kappa shape index (κ3) is 1.98. The van der Waals surface area contributed by atoms with Gasteiger partial charge in [-0.2, -0.15) is 0 Å². The summed E-state index contributed by atoms with van der Waals surface area (Å²) in [7, 11) is -3.52. The van der Waals surface area contributed by atoms with Gasteiger partial charge in [0.2, 0.25) is 0 Å². The average Bonchev–Trinajstić information content (AvgIpc) is 2.67. The van der Waals surface area contributed by atoms with Crippen LogP contribution < -0.4 is 0 Å². The fraction of sp³-hybridized carbons (Fsp3) is 0.250. The highest BCUT2D eigenvalue weighted by molar-refractivity contribution is 7.90. The Labute approximate surface area is 101 Å². The van der Waals surface area contributed by atoms with Crippen LogP contribution in [0.3, 0.4) is 0 Å². The zero-order valence-electron chi connectivity index (χ0n) is 10.0. The van der Waals surface area contributed by atoms with Crippen molar-refractivity contribution in [2.75, 3.05) is 0 Å². The van der Waals surface area contributed by atoms with Crippen LogP contribution in [0, 0.1) is 20.8 Å². The topological polar surface area (TPSA) is 52.0 Å². The number of nitrogens with zero attached hydrogens (tertiary/aromatic N) is 2. The Balaban J connectivity index is 2.71. The van der Waals surface area contributed by atoms with E-state index < -0.39 is 10.0 Å². The standard InChI is InChI=1S/C12H14N2O2S/c1-9-6-10(2)12(11(3)7-9)17(15,16)14-5-4-13-8-14/h4-8H,1-3H3. The van der Waals surface area contributed by atoms with Gasteiger partial charge in [0, 0.05) is 12.4 Å². The molecule has 2 rings (SSSR count). The molecule has 17 heavy (non-hydrogen) atoms. The van der Waals surface area contributed by atoms with Crippen LogP contribution in [0.15, 0.2) is 35.7 Å². The van der Waals surface area contributed by atoms with Crippen molar-refractivity contribution in [3.05, 3.63) is 47.5 Å². The van der Waals surface area contributed by atoms with Crippen LogP contribution >= 0.6 is 0 Å². The van der Waals surface area contributed by atoms with Crippen LogP contribution in [-0.4, -0.2) is 17.4 Å². The summed E-state index contributed by atoms with van der Waals surface area (Å²) in [6.07, 6.45) is 4.19. The number of imidazole rings is 1. The molecule has 0 fully saturated rings. The highest BCUT2D eigenvalue weighted by Crippen LogP contribution is 2.23. The van der Waals surface area contributed by atoms with E-state index in [2.05, 4.69) is 4.98 Å². The molecule has 0 spiro atoms. The third-order valence-corrected chi connectivity index (χ3v) is 4.55. The third-order valence-electron chi connectivity index (χ3n) is 2.62. The molecular weight excluding hydrogens is 236 g/mol. The Morgan fingerprint density at radius 2 is 1.71 bits per heavy atom. The fourth-order valence-corrected chi connectivity index (χ4v) is 3.60. The van der Waals surface area contributed by atoms with Crippen LogP contribution in [0.4, 0.5) is 0 Å².